The fourth-order valence-electron chi connectivity index (χ4n) is 2.59. The summed E-state index contributed by atoms with van der Waals surface area (Å²) in [6.07, 6.45) is 0. The van der Waals surface area contributed by atoms with E-state index >= 15 is 0 Å². The van der Waals surface area contributed by atoms with Crippen molar-refractivity contribution in [2.24, 2.45) is 0 Å². The summed E-state index contributed by atoms with van der Waals surface area (Å²) in [5.41, 5.74) is 0.774. The molecule has 146 valence electrons. The van der Waals surface area contributed by atoms with Crippen LogP contribution in [0.25, 0.3) is 0 Å². The van der Waals surface area contributed by atoms with Crippen molar-refractivity contribution in [2.45, 2.75) is 13.2 Å². The van der Waals surface area contributed by atoms with Gasteiger partial charge in [-0.05, 0) is 23.3 Å². The first-order valence-corrected chi connectivity index (χ1v) is 8.75. The zero-order valence-electron chi connectivity index (χ0n) is 15.3. The van der Waals surface area contributed by atoms with Crippen molar-refractivity contribution in [3.63, 3.8) is 0 Å². The summed E-state index contributed by atoms with van der Waals surface area (Å²) in [5.74, 6) is -1.56. The van der Waals surface area contributed by atoms with Crippen LogP contribution >= 0.6 is 0 Å². The van der Waals surface area contributed by atoms with E-state index in [0.29, 0.717) is 0 Å². The van der Waals surface area contributed by atoms with Gasteiger partial charge in [0.25, 0.3) is 5.69 Å². The summed E-state index contributed by atoms with van der Waals surface area (Å²) in [5, 5.41) is 11.4. The first-order chi connectivity index (χ1) is 14.0. The lowest BCUT2D eigenvalue weighted by atomic mass is 10.1. The Bertz CT molecular complexity index is 1020. The number of esters is 2. The van der Waals surface area contributed by atoms with Crippen LogP contribution < -0.4 is 0 Å². The molecule has 0 radical (unpaired) electrons. The van der Waals surface area contributed by atoms with Crippen LogP contribution in [0.1, 0.15) is 31.8 Å². The van der Waals surface area contributed by atoms with Crippen LogP contribution in [0.4, 0.5) is 5.69 Å². The summed E-state index contributed by atoms with van der Waals surface area (Å²) in [6, 6.07) is 21.5. The standard InChI is InChI=1S/C22H17NO6/c24-21(28-14-16-7-3-1-4-8-16)18-11-12-19(20(13-18)23(26)27)22(25)29-15-17-9-5-2-6-10-17/h1-13H,14-15H2. The van der Waals surface area contributed by atoms with Gasteiger partial charge in [-0.25, -0.2) is 9.59 Å². The van der Waals surface area contributed by atoms with Crippen LogP contribution in [0.5, 0.6) is 0 Å². The van der Waals surface area contributed by atoms with E-state index in [9.17, 15) is 19.7 Å². The second kappa shape index (κ2) is 9.27. The minimum absolute atomic E-state index is 0.0162. The van der Waals surface area contributed by atoms with Gasteiger partial charge in [0.15, 0.2) is 0 Å². The summed E-state index contributed by atoms with van der Waals surface area (Å²) >= 11 is 0. The average Bonchev–Trinajstić information content (AvgIpc) is 2.76. The smallest absolute Gasteiger partial charge is 0.345 e. The van der Waals surface area contributed by atoms with Crippen LogP contribution in [-0.4, -0.2) is 16.9 Å². The molecule has 3 rings (SSSR count). The molecule has 0 saturated carbocycles. The van der Waals surface area contributed by atoms with Crippen molar-refractivity contribution in [3.8, 4) is 0 Å². The van der Waals surface area contributed by atoms with Crippen LogP contribution in [0.2, 0.25) is 0 Å². The maximum atomic E-state index is 12.3. The SMILES string of the molecule is O=C(OCc1ccccc1)c1ccc(C(=O)OCc2ccccc2)c([N+](=O)[O-])c1. The zero-order chi connectivity index (χ0) is 20.6. The molecule has 0 heterocycles. The fourth-order valence-corrected chi connectivity index (χ4v) is 2.59. The van der Waals surface area contributed by atoms with E-state index in [4.69, 9.17) is 9.47 Å². The Morgan fingerprint density at radius 1 is 0.759 bits per heavy atom. The second-order valence-corrected chi connectivity index (χ2v) is 6.11. The van der Waals surface area contributed by atoms with Crippen molar-refractivity contribution in [2.75, 3.05) is 0 Å². The van der Waals surface area contributed by atoms with Gasteiger partial charge in [-0.1, -0.05) is 60.7 Å². The number of benzene rings is 3. The molecule has 0 aliphatic heterocycles. The van der Waals surface area contributed by atoms with E-state index in [1.807, 2.05) is 24.3 Å². The molecular formula is C22H17NO6. The van der Waals surface area contributed by atoms with Crippen molar-refractivity contribution in [3.05, 3.63) is 111 Å². The van der Waals surface area contributed by atoms with Crippen molar-refractivity contribution in [1.29, 1.82) is 0 Å². The molecule has 0 aliphatic carbocycles. The molecular weight excluding hydrogens is 374 g/mol. The van der Waals surface area contributed by atoms with Crippen LogP contribution in [0.3, 0.4) is 0 Å². The van der Waals surface area contributed by atoms with E-state index < -0.39 is 22.5 Å². The summed E-state index contributed by atoms with van der Waals surface area (Å²) in [4.78, 5) is 35.2. The largest absolute Gasteiger partial charge is 0.457 e. The molecule has 3 aromatic rings. The number of carbonyl (C=O) groups is 2. The van der Waals surface area contributed by atoms with Gasteiger partial charge in [0.05, 0.1) is 10.5 Å². The van der Waals surface area contributed by atoms with Crippen molar-refractivity contribution in [1.82, 2.24) is 0 Å². The molecule has 0 amide bonds. The van der Waals surface area contributed by atoms with Gasteiger partial charge < -0.3 is 9.47 Å². The lowest BCUT2D eigenvalue weighted by molar-refractivity contribution is -0.385. The van der Waals surface area contributed by atoms with E-state index in [0.717, 1.165) is 17.2 Å². The normalized spacial score (nSPS) is 10.2. The Balaban J connectivity index is 1.71. The van der Waals surface area contributed by atoms with Crippen molar-refractivity contribution < 1.29 is 24.0 Å². The molecule has 0 aliphatic rings. The van der Waals surface area contributed by atoms with Crippen LogP contribution in [0, 0.1) is 10.1 Å². The van der Waals surface area contributed by atoms with E-state index in [2.05, 4.69) is 0 Å². The number of carbonyl (C=O) groups excluding carboxylic acids is 2. The molecule has 0 saturated heterocycles. The number of nitro benzene ring substituents is 1. The minimum Gasteiger partial charge on any atom is -0.457 e. The van der Waals surface area contributed by atoms with Crippen LogP contribution in [0.15, 0.2) is 78.9 Å². The topological polar surface area (TPSA) is 95.7 Å². The third-order valence-corrected chi connectivity index (χ3v) is 4.08. The predicted molar refractivity (Wildman–Crippen MR) is 104 cm³/mol. The quantitative estimate of drug-likeness (QED) is 0.338. The summed E-state index contributed by atoms with van der Waals surface area (Å²) in [7, 11) is 0. The number of nitro groups is 1. The third-order valence-electron chi connectivity index (χ3n) is 4.08. The van der Waals surface area contributed by atoms with E-state index in [1.54, 1.807) is 36.4 Å². The number of nitrogens with zero attached hydrogens (tertiary/aromatic N) is 1. The molecule has 3 aromatic carbocycles. The van der Waals surface area contributed by atoms with Gasteiger partial charge in [-0.2, -0.15) is 0 Å². The Kier molecular flexibility index (Phi) is 6.32. The van der Waals surface area contributed by atoms with Crippen molar-refractivity contribution >= 4 is 17.6 Å². The Morgan fingerprint density at radius 2 is 1.28 bits per heavy atom. The molecule has 0 spiro atoms. The molecule has 29 heavy (non-hydrogen) atoms. The average molecular weight is 391 g/mol. The third kappa shape index (κ3) is 5.26. The Hall–Kier alpha value is -4.00. The maximum Gasteiger partial charge on any atom is 0.345 e. The Morgan fingerprint density at radius 3 is 1.79 bits per heavy atom. The highest BCUT2D eigenvalue weighted by molar-refractivity contribution is 5.97. The van der Waals surface area contributed by atoms with Gasteiger partial charge >= 0.3 is 11.9 Å². The number of hydrogen-bond donors (Lipinski definition) is 0. The lowest BCUT2D eigenvalue weighted by Crippen LogP contribution is -2.11. The molecule has 7 heteroatoms. The summed E-state index contributed by atoms with van der Waals surface area (Å²) < 4.78 is 10.3. The fraction of sp³-hybridized carbons (Fsp3) is 0.0909. The van der Waals surface area contributed by atoms with Gasteiger partial charge in [0, 0.05) is 6.07 Å². The van der Waals surface area contributed by atoms with Gasteiger partial charge in [-0.3, -0.25) is 10.1 Å². The number of ether oxygens (including phenoxy) is 2. The number of hydrogen-bond acceptors (Lipinski definition) is 6. The van der Waals surface area contributed by atoms with E-state index in [1.165, 1.54) is 12.1 Å². The number of rotatable bonds is 7. The molecule has 0 bridgehead atoms. The molecule has 0 aromatic heterocycles. The monoisotopic (exact) mass is 391 g/mol. The van der Waals surface area contributed by atoms with Gasteiger partial charge in [-0.15, -0.1) is 0 Å². The summed E-state index contributed by atoms with van der Waals surface area (Å²) in [6.45, 7) is 0.0199. The second-order valence-electron chi connectivity index (χ2n) is 6.11. The zero-order valence-corrected chi connectivity index (χ0v) is 15.3. The lowest BCUT2D eigenvalue weighted by Gasteiger charge is -2.08. The highest BCUT2D eigenvalue weighted by atomic mass is 16.6. The molecule has 0 N–H and O–H groups in total. The highest BCUT2D eigenvalue weighted by Gasteiger charge is 2.24. The first kappa shape index (κ1) is 19.8. The molecule has 7 nitrogen and oxygen atoms in total. The molecule has 0 fully saturated rings. The highest BCUT2D eigenvalue weighted by Crippen LogP contribution is 2.22. The predicted octanol–water partition coefficient (Wildman–Crippen LogP) is 4.31. The van der Waals surface area contributed by atoms with Gasteiger partial charge in [0.1, 0.15) is 18.8 Å². The Labute approximate surface area is 166 Å². The van der Waals surface area contributed by atoms with Gasteiger partial charge in [0.2, 0.25) is 0 Å². The van der Waals surface area contributed by atoms with E-state index in [-0.39, 0.29) is 24.3 Å². The first-order valence-electron chi connectivity index (χ1n) is 8.75. The minimum atomic E-state index is -0.843. The van der Waals surface area contributed by atoms with Crippen LogP contribution in [-0.2, 0) is 22.7 Å². The molecule has 0 unspecified atom stereocenters. The molecule has 0 atom stereocenters. The maximum absolute atomic E-state index is 12.3.